The summed E-state index contributed by atoms with van der Waals surface area (Å²) in [6, 6.07) is 1.38. The molecule has 0 saturated carbocycles. The highest BCUT2D eigenvalue weighted by Gasteiger charge is 2.20. The van der Waals surface area contributed by atoms with Gasteiger partial charge in [-0.2, -0.15) is 9.36 Å². The van der Waals surface area contributed by atoms with Gasteiger partial charge in [-0.15, -0.1) is 0 Å². The Labute approximate surface area is 224 Å². The third-order valence-electron chi connectivity index (χ3n) is 5.23. The van der Waals surface area contributed by atoms with E-state index in [1.165, 1.54) is 22.5 Å². The van der Waals surface area contributed by atoms with Crippen LogP contribution in [0, 0.1) is 18.8 Å². The zero-order chi connectivity index (χ0) is 27.2. The Kier molecular flexibility index (Phi) is 12.5. The minimum absolute atomic E-state index is 0.191. The van der Waals surface area contributed by atoms with Crippen LogP contribution >= 0.6 is 11.5 Å². The number of carbonyl (C=O) groups is 2. The maximum Gasteiger partial charge on any atom is 0.246 e. The molecule has 1 atom stereocenters. The van der Waals surface area contributed by atoms with Gasteiger partial charge in [0.15, 0.2) is 0 Å². The molecule has 2 rings (SSSR count). The lowest BCUT2D eigenvalue weighted by atomic mass is 10.2. The van der Waals surface area contributed by atoms with Gasteiger partial charge < -0.3 is 25.8 Å². The number of amides is 2. The lowest BCUT2D eigenvalue weighted by Gasteiger charge is -2.23. The van der Waals surface area contributed by atoms with E-state index in [1.54, 1.807) is 26.2 Å². The van der Waals surface area contributed by atoms with Gasteiger partial charge in [-0.05, 0) is 58.4 Å². The van der Waals surface area contributed by atoms with Gasteiger partial charge in [0, 0.05) is 39.2 Å². The lowest BCUT2D eigenvalue weighted by Crippen LogP contribution is -2.45. The number of nitrogens with one attached hydrogen (secondary N) is 3. The maximum absolute atomic E-state index is 12.4. The molecule has 2 aromatic rings. The molecule has 10 nitrogen and oxygen atoms in total. The third-order valence-corrected chi connectivity index (χ3v) is 6.03. The highest BCUT2D eigenvalue weighted by atomic mass is 32.1. The van der Waals surface area contributed by atoms with E-state index >= 15 is 0 Å². The number of unbranched alkanes of at least 4 members (excludes halogenated alkanes) is 1. The Hall–Kier alpha value is -3.49. The van der Waals surface area contributed by atoms with E-state index < -0.39 is 6.04 Å². The number of likely N-dealkylation sites (N-methyl/N-ethyl adjacent to an activating group) is 2. The van der Waals surface area contributed by atoms with Gasteiger partial charge in [0.1, 0.15) is 16.9 Å². The molecular weight excluding hydrogens is 488 g/mol. The van der Waals surface area contributed by atoms with Crippen molar-refractivity contribution in [3.8, 4) is 11.8 Å². The van der Waals surface area contributed by atoms with E-state index in [2.05, 4.69) is 49.1 Å². The van der Waals surface area contributed by atoms with Crippen LogP contribution in [-0.4, -0.2) is 82.8 Å². The largest absolute Gasteiger partial charge is 0.369 e. The van der Waals surface area contributed by atoms with Crippen molar-refractivity contribution in [2.24, 2.45) is 0 Å². The maximum atomic E-state index is 12.4. The molecule has 0 bridgehead atoms. The molecule has 200 valence electrons. The predicted molar refractivity (Wildman–Crippen MR) is 150 cm³/mol. The molecule has 0 aromatic carbocycles. The van der Waals surface area contributed by atoms with Crippen LogP contribution in [0.5, 0.6) is 0 Å². The number of aryl methyl sites for hydroxylation is 1. The van der Waals surface area contributed by atoms with Crippen LogP contribution in [0.3, 0.4) is 0 Å². The molecule has 0 spiro atoms. The van der Waals surface area contributed by atoms with Crippen molar-refractivity contribution in [2.75, 3.05) is 51.4 Å². The van der Waals surface area contributed by atoms with Crippen molar-refractivity contribution in [2.45, 2.75) is 46.1 Å². The molecule has 2 aromatic heterocycles. The van der Waals surface area contributed by atoms with Gasteiger partial charge in [-0.25, -0.2) is 4.98 Å². The van der Waals surface area contributed by atoms with Crippen LogP contribution in [0.4, 0.5) is 16.8 Å². The molecular formula is C26H38N8O2S. The molecule has 2 amide bonds. The van der Waals surface area contributed by atoms with E-state index in [0.717, 1.165) is 29.2 Å². The topological polar surface area (TPSA) is 115 Å². The summed E-state index contributed by atoms with van der Waals surface area (Å²) < 4.78 is 4.26. The summed E-state index contributed by atoms with van der Waals surface area (Å²) in [4.78, 5) is 37.0. The van der Waals surface area contributed by atoms with Gasteiger partial charge in [-0.1, -0.05) is 24.8 Å². The zero-order valence-corrected chi connectivity index (χ0v) is 23.4. The fourth-order valence-corrected chi connectivity index (χ4v) is 3.64. The molecule has 0 radical (unpaired) electrons. The fraction of sp³-hybridized carbons (Fsp3) is 0.500. The van der Waals surface area contributed by atoms with Crippen LogP contribution < -0.4 is 16.0 Å². The normalized spacial score (nSPS) is 11.6. The van der Waals surface area contributed by atoms with Gasteiger partial charge in [-0.3, -0.25) is 9.59 Å². The SMILES string of the molecule is CCCNc1nc(Nc2cc(C)ns2)ncc1C#CCCCNC(=O)[C@H](C)N(C)C(=O)/C=C/CN(C)C. The van der Waals surface area contributed by atoms with Crippen LogP contribution in [-0.2, 0) is 9.59 Å². The smallest absolute Gasteiger partial charge is 0.246 e. The summed E-state index contributed by atoms with van der Waals surface area (Å²) >= 11 is 1.36. The van der Waals surface area contributed by atoms with E-state index in [4.69, 9.17) is 0 Å². The minimum Gasteiger partial charge on any atom is -0.369 e. The van der Waals surface area contributed by atoms with Crippen molar-refractivity contribution in [1.29, 1.82) is 0 Å². The fourth-order valence-electron chi connectivity index (χ4n) is 2.99. The van der Waals surface area contributed by atoms with Gasteiger partial charge >= 0.3 is 0 Å². The number of rotatable bonds is 13. The second kappa shape index (κ2) is 15.6. The summed E-state index contributed by atoms with van der Waals surface area (Å²) in [5.41, 5.74) is 1.66. The minimum atomic E-state index is -0.562. The predicted octanol–water partition coefficient (Wildman–Crippen LogP) is 3.02. The first-order valence-electron chi connectivity index (χ1n) is 12.4. The zero-order valence-electron chi connectivity index (χ0n) is 22.6. The summed E-state index contributed by atoms with van der Waals surface area (Å²) in [5, 5.41) is 10.2. The van der Waals surface area contributed by atoms with Crippen molar-refractivity contribution in [3.05, 3.63) is 35.7 Å². The van der Waals surface area contributed by atoms with E-state index in [9.17, 15) is 9.59 Å². The van der Waals surface area contributed by atoms with Crippen LogP contribution in [0.15, 0.2) is 24.4 Å². The van der Waals surface area contributed by atoms with Gasteiger partial charge in [0.25, 0.3) is 0 Å². The van der Waals surface area contributed by atoms with E-state index in [0.29, 0.717) is 37.7 Å². The average Bonchev–Trinajstić information content (AvgIpc) is 3.28. The molecule has 0 aliphatic rings. The molecule has 0 aliphatic heterocycles. The molecule has 3 N–H and O–H groups in total. The lowest BCUT2D eigenvalue weighted by molar-refractivity contribution is -0.135. The number of hydrogen-bond donors (Lipinski definition) is 3. The van der Waals surface area contributed by atoms with Gasteiger partial charge in [0.2, 0.25) is 17.8 Å². The molecule has 2 heterocycles. The molecule has 37 heavy (non-hydrogen) atoms. The molecule has 0 unspecified atom stereocenters. The highest BCUT2D eigenvalue weighted by Crippen LogP contribution is 2.21. The first-order chi connectivity index (χ1) is 17.7. The van der Waals surface area contributed by atoms with Crippen molar-refractivity contribution in [1.82, 2.24) is 29.5 Å². The number of aromatic nitrogens is 3. The summed E-state index contributed by atoms with van der Waals surface area (Å²) in [6.07, 6.45) is 7.23. The monoisotopic (exact) mass is 526 g/mol. The molecule has 0 aliphatic carbocycles. The van der Waals surface area contributed by atoms with Crippen LogP contribution in [0.1, 0.15) is 44.4 Å². The summed E-state index contributed by atoms with van der Waals surface area (Å²) in [7, 11) is 5.48. The Balaban J connectivity index is 1.85. The second-order valence-corrected chi connectivity index (χ2v) is 9.63. The van der Waals surface area contributed by atoms with Crippen molar-refractivity contribution < 1.29 is 9.59 Å². The Morgan fingerprint density at radius 3 is 2.70 bits per heavy atom. The first kappa shape index (κ1) is 29.7. The Morgan fingerprint density at radius 1 is 1.24 bits per heavy atom. The number of carbonyl (C=O) groups excluding carboxylic acids is 2. The third kappa shape index (κ3) is 10.6. The molecule has 0 saturated heterocycles. The summed E-state index contributed by atoms with van der Waals surface area (Å²) in [5.74, 6) is 7.06. The van der Waals surface area contributed by atoms with Crippen LogP contribution in [0.2, 0.25) is 0 Å². The van der Waals surface area contributed by atoms with Crippen molar-refractivity contribution in [3.63, 3.8) is 0 Å². The first-order valence-corrected chi connectivity index (χ1v) is 13.1. The Morgan fingerprint density at radius 2 is 2.03 bits per heavy atom. The van der Waals surface area contributed by atoms with Crippen LogP contribution in [0.25, 0.3) is 0 Å². The van der Waals surface area contributed by atoms with E-state index in [-0.39, 0.29) is 11.8 Å². The Bertz CT molecular complexity index is 1120. The molecule has 0 fully saturated rings. The van der Waals surface area contributed by atoms with E-state index in [1.807, 2.05) is 32.0 Å². The average molecular weight is 527 g/mol. The standard InChI is InChI=1S/C26H38N8O2S/c1-7-14-27-24-21(18-29-26(31-24)30-22-17-19(2)32-37-22)12-9-8-10-15-28-25(36)20(3)34(6)23(35)13-11-16-33(4)5/h11,13,17-18,20H,7-8,10,14-16H2,1-6H3,(H,28,36)(H2,27,29,30,31)/b13-11+/t20-/m0/s1. The van der Waals surface area contributed by atoms with Crippen molar-refractivity contribution >= 4 is 40.1 Å². The van der Waals surface area contributed by atoms with Gasteiger partial charge in [0.05, 0.1) is 17.5 Å². The number of hydrogen-bond acceptors (Lipinski definition) is 9. The molecule has 11 heteroatoms. The quantitative estimate of drug-likeness (QED) is 0.207. The number of anilines is 3. The second-order valence-electron chi connectivity index (χ2n) is 8.83. The summed E-state index contributed by atoms with van der Waals surface area (Å²) in [6.45, 7) is 7.66. The number of nitrogens with zero attached hydrogens (tertiary/aromatic N) is 5. The highest BCUT2D eigenvalue weighted by molar-refractivity contribution is 7.10.